The predicted octanol–water partition coefficient (Wildman–Crippen LogP) is 0.915. The van der Waals surface area contributed by atoms with Gasteiger partial charge in [0.15, 0.2) is 6.10 Å². The molecule has 1 aromatic rings. The minimum atomic E-state index is -1.09. The molecule has 0 saturated heterocycles. The summed E-state index contributed by atoms with van der Waals surface area (Å²) in [5.41, 5.74) is 0.0269. The number of methoxy groups -OCH3 is 1. The third-order valence-corrected chi connectivity index (χ3v) is 2.40. The van der Waals surface area contributed by atoms with Crippen molar-refractivity contribution in [1.29, 1.82) is 0 Å². The highest BCUT2D eigenvalue weighted by Crippen LogP contribution is 2.19. The smallest absolute Gasteiger partial charge is 0.339 e. The van der Waals surface area contributed by atoms with Gasteiger partial charge in [0.1, 0.15) is 11.3 Å². The van der Waals surface area contributed by atoms with E-state index in [1.165, 1.54) is 19.2 Å². The van der Waals surface area contributed by atoms with E-state index in [0.29, 0.717) is 13.2 Å². The Labute approximate surface area is 111 Å². The highest BCUT2D eigenvalue weighted by Gasteiger charge is 2.17. The van der Waals surface area contributed by atoms with Gasteiger partial charge in [0.2, 0.25) is 0 Å². The van der Waals surface area contributed by atoms with Crippen LogP contribution in [0, 0.1) is 0 Å². The molecule has 0 fully saturated rings. The molecular formula is C13H17NO5. The number of carboxylic acids is 1. The van der Waals surface area contributed by atoms with Crippen LogP contribution in [-0.4, -0.2) is 43.3 Å². The molecule has 1 rings (SSSR count). The van der Waals surface area contributed by atoms with Gasteiger partial charge in [-0.05, 0) is 19.1 Å². The minimum Gasteiger partial charge on any atom is -0.480 e. The number of carbonyl (C=O) groups excluding carboxylic acids is 1. The number of para-hydroxylation sites is 1. The van der Waals surface area contributed by atoms with Crippen LogP contribution in [0.25, 0.3) is 0 Å². The summed E-state index contributed by atoms with van der Waals surface area (Å²) >= 11 is 0. The largest absolute Gasteiger partial charge is 0.480 e. The zero-order valence-corrected chi connectivity index (χ0v) is 10.9. The van der Waals surface area contributed by atoms with Gasteiger partial charge in [-0.2, -0.15) is 0 Å². The van der Waals surface area contributed by atoms with Crippen molar-refractivity contribution in [1.82, 2.24) is 5.32 Å². The number of rotatable bonds is 7. The summed E-state index contributed by atoms with van der Waals surface area (Å²) in [5, 5.41) is 11.6. The second-order valence-electron chi connectivity index (χ2n) is 3.85. The molecule has 2 N–H and O–H groups in total. The summed E-state index contributed by atoms with van der Waals surface area (Å²) in [5.74, 6) is -1.25. The molecule has 104 valence electrons. The van der Waals surface area contributed by atoms with Crippen LogP contribution < -0.4 is 10.1 Å². The van der Waals surface area contributed by atoms with Crippen LogP contribution in [0.5, 0.6) is 5.75 Å². The molecule has 1 aromatic carbocycles. The number of hydrogen-bond acceptors (Lipinski definition) is 4. The maximum absolute atomic E-state index is 11.7. The fourth-order valence-corrected chi connectivity index (χ4v) is 1.41. The number of ether oxygens (including phenoxy) is 2. The summed E-state index contributed by atoms with van der Waals surface area (Å²) in [4.78, 5) is 22.7. The molecule has 0 aromatic heterocycles. The quantitative estimate of drug-likeness (QED) is 0.717. The number of benzene rings is 1. The lowest BCUT2D eigenvalue weighted by molar-refractivity contribution is -0.127. The van der Waals surface area contributed by atoms with Gasteiger partial charge in [-0.25, -0.2) is 4.79 Å². The Bertz CT molecular complexity index is 446. The fourth-order valence-electron chi connectivity index (χ4n) is 1.41. The summed E-state index contributed by atoms with van der Waals surface area (Å²) < 4.78 is 10.2. The molecule has 0 radical (unpaired) electrons. The van der Waals surface area contributed by atoms with Crippen molar-refractivity contribution in [3.63, 3.8) is 0 Å². The maximum Gasteiger partial charge on any atom is 0.339 e. The summed E-state index contributed by atoms with van der Waals surface area (Å²) in [6, 6.07) is 6.19. The highest BCUT2D eigenvalue weighted by atomic mass is 16.5. The van der Waals surface area contributed by atoms with Crippen molar-refractivity contribution in [3.05, 3.63) is 29.8 Å². The number of nitrogens with one attached hydrogen (secondary N) is 1. The molecule has 0 aliphatic carbocycles. The molecule has 6 nitrogen and oxygen atoms in total. The van der Waals surface area contributed by atoms with Crippen molar-refractivity contribution in [2.75, 3.05) is 20.3 Å². The minimum absolute atomic E-state index is 0.0269. The Kier molecular flexibility index (Phi) is 5.81. The first kappa shape index (κ1) is 15.0. The molecule has 0 saturated carbocycles. The summed E-state index contributed by atoms with van der Waals surface area (Å²) in [7, 11) is 1.54. The van der Waals surface area contributed by atoms with E-state index in [0.717, 1.165) is 0 Å². The van der Waals surface area contributed by atoms with Crippen LogP contribution in [0.3, 0.4) is 0 Å². The lowest BCUT2D eigenvalue weighted by Gasteiger charge is -2.15. The number of carboxylic acid groups (broad SMARTS) is 1. The van der Waals surface area contributed by atoms with Crippen molar-refractivity contribution >= 4 is 11.9 Å². The van der Waals surface area contributed by atoms with Gasteiger partial charge in [-0.1, -0.05) is 12.1 Å². The third-order valence-electron chi connectivity index (χ3n) is 2.40. The van der Waals surface area contributed by atoms with Gasteiger partial charge < -0.3 is 19.9 Å². The number of aromatic carboxylic acids is 1. The Hall–Kier alpha value is -2.08. The lowest BCUT2D eigenvalue weighted by atomic mass is 10.2. The van der Waals surface area contributed by atoms with E-state index in [9.17, 15) is 9.59 Å². The van der Waals surface area contributed by atoms with Crippen LogP contribution in [0.1, 0.15) is 17.3 Å². The van der Waals surface area contributed by atoms with Crippen LogP contribution >= 0.6 is 0 Å². The molecule has 19 heavy (non-hydrogen) atoms. The SMILES string of the molecule is COCCNC(=O)C(C)Oc1ccccc1C(=O)O. The number of hydrogen-bond donors (Lipinski definition) is 2. The molecular weight excluding hydrogens is 250 g/mol. The Balaban J connectivity index is 2.63. The Morgan fingerprint density at radius 3 is 2.68 bits per heavy atom. The van der Waals surface area contributed by atoms with Gasteiger partial charge in [0.25, 0.3) is 5.91 Å². The molecule has 0 bridgehead atoms. The monoisotopic (exact) mass is 267 g/mol. The first-order chi connectivity index (χ1) is 9.06. The summed E-state index contributed by atoms with van der Waals surface area (Å²) in [6.45, 7) is 2.34. The molecule has 1 atom stereocenters. The van der Waals surface area contributed by atoms with Crippen molar-refractivity contribution < 1.29 is 24.2 Å². The van der Waals surface area contributed by atoms with Crippen molar-refractivity contribution in [3.8, 4) is 5.75 Å². The average molecular weight is 267 g/mol. The Morgan fingerprint density at radius 2 is 2.05 bits per heavy atom. The molecule has 0 heterocycles. The number of amides is 1. The third kappa shape index (κ3) is 4.59. The highest BCUT2D eigenvalue weighted by molar-refractivity contribution is 5.91. The van der Waals surface area contributed by atoms with Crippen molar-refractivity contribution in [2.45, 2.75) is 13.0 Å². The zero-order valence-electron chi connectivity index (χ0n) is 10.9. The second-order valence-corrected chi connectivity index (χ2v) is 3.85. The van der Waals surface area contributed by atoms with E-state index in [1.807, 2.05) is 0 Å². The second kappa shape index (κ2) is 7.38. The number of carbonyl (C=O) groups is 2. The average Bonchev–Trinajstić information content (AvgIpc) is 2.39. The van der Waals surface area contributed by atoms with E-state index in [4.69, 9.17) is 14.6 Å². The molecule has 6 heteroatoms. The van der Waals surface area contributed by atoms with Crippen LogP contribution in [-0.2, 0) is 9.53 Å². The molecule has 1 amide bonds. The van der Waals surface area contributed by atoms with Gasteiger partial charge in [-0.15, -0.1) is 0 Å². The summed E-state index contributed by atoms with van der Waals surface area (Å²) in [6.07, 6.45) is -0.780. The topological polar surface area (TPSA) is 84.9 Å². The fraction of sp³-hybridized carbons (Fsp3) is 0.385. The zero-order chi connectivity index (χ0) is 14.3. The van der Waals surface area contributed by atoms with E-state index in [2.05, 4.69) is 5.32 Å². The molecule has 0 aliphatic heterocycles. The van der Waals surface area contributed by atoms with E-state index in [-0.39, 0.29) is 17.2 Å². The van der Waals surface area contributed by atoms with E-state index >= 15 is 0 Å². The maximum atomic E-state index is 11.7. The van der Waals surface area contributed by atoms with E-state index in [1.54, 1.807) is 19.1 Å². The van der Waals surface area contributed by atoms with Crippen LogP contribution in [0.4, 0.5) is 0 Å². The van der Waals surface area contributed by atoms with Gasteiger partial charge in [-0.3, -0.25) is 4.79 Å². The molecule has 0 spiro atoms. The van der Waals surface area contributed by atoms with E-state index < -0.39 is 12.1 Å². The first-order valence-electron chi connectivity index (χ1n) is 5.82. The van der Waals surface area contributed by atoms with Crippen molar-refractivity contribution in [2.24, 2.45) is 0 Å². The van der Waals surface area contributed by atoms with Crippen LogP contribution in [0.15, 0.2) is 24.3 Å². The molecule has 1 unspecified atom stereocenters. The van der Waals surface area contributed by atoms with Gasteiger partial charge in [0.05, 0.1) is 6.61 Å². The first-order valence-corrected chi connectivity index (χ1v) is 5.82. The van der Waals surface area contributed by atoms with Gasteiger partial charge in [0, 0.05) is 13.7 Å². The standard InChI is InChI=1S/C13H17NO5/c1-9(12(15)14-7-8-18-2)19-11-6-4-3-5-10(11)13(16)17/h3-6,9H,7-8H2,1-2H3,(H,14,15)(H,16,17). The Morgan fingerprint density at radius 1 is 1.37 bits per heavy atom. The molecule has 0 aliphatic rings. The normalized spacial score (nSPS) is 11.7. The van der Waals surface area contributed by atoms with Gasteiger partial charge >= 0.3 is 5.97 Å². The predicted molar refractivity (Wildman–Crippen MR) is 68.4 cm³/mol. The lowest BCUT2D eigenvalue weighted by Crippen LogP contribution is -2.38. The van der Waals surface area contributed by atoms with Crippen LogP contribution in [0.2, 0.25) is 0 Å².